The van der Waals surface area contributed by atoms with Gasteiger partial charge < -0.3 is 9.84 Å². The summed E-state index contributed by atoms with van der Waals surface area (Å²) in [6, 6.07) is 0. The Kier molecular flexibility index (Phi) is 6.64. The van der Waals surface area contributed by atoms with Crippen LogP contribution in [0.5, 0.6) is 0 Å². The smallest absolute Gasteiger partial charge is 0.412 e. The molecule has 0 aliphatic rings. The minimum Gasteiger partial charge on any atom is -0.477 e. The maximum atomic E-state index is 11.3. The summed E-state index contributed by atoms with van der Waals surface area (Å²) in [7, 11) is 0. The van der Waals surface area contributed by atoms with Crippen LogP contribution >= 0.6 is 22.7 Å². The number of carbonyl (C=O) groups is 2. The minimum atomic E-state index is -0.902. The molecule has 23 heavy (non-hydrogen) atoms. The number of aromatic carboxylic acids is 1. The molecule has 0 atom stereocenters. The van der Waals surface area contributed by atoms with Crippen LogP contribution in [0.3, 0.4) is 0 Å². The van der Waals surface area contributed by atoms with E-state index in [1.165, 1.54) is 28.9 Å². The lowest BCUT2D eigenvalue weighted by atomic mass is 10.2. The summed E-state index contributed by atoms with van der Waals surface area (Å²) in [4.78, 5) is 29.6. The van der Waals surface area contributed by atoms with Crippen molar-refractivity contribution in [3.63, 3.8) is 0 Å². The molecule has 0 unspecified atom stereocenters. The molecule has 0 saturated heterocycles. The maximum Gasteiger partial charge on any atom is 0.412 e. The number of carboxylic acid groups (broad SMARTS) is 1. The third kappa shape index (κ3) is 7.71. The van der Waals surface area contributed by atoms with Crippen LogP contribution in [0.1, 0.15) is 40.5 Å². The molecule has 0 aliphatic heterocycles. The van der Waals surface area contributed by atoms with Crippen LogP contribution in [0.25, 0.3) is 0 Å². The number of hydrogen-bond donors (Lipinski definition) is 2. The lowest BCUT2D eigenvalue weighted by Gasteiger charge is -2.19. The fourth-order valence-electron chi connectivity index (χ4n) is 1.28. The first-order valence-electron chi connectivity index (χ1n) is 6.65. The summed E-state index contributed by atoms with van der Waals surface area (Å²) in [5.41, 5.74) is -0.468. The summed E-state index contributed by atoms with van der Waals surface area (Å²) in [5.74, 6) is -0.902. The van der Waals surface area contributed by atoms with Gasteiger partial charge in [-0.25, -0.2) is 19.6 Å². The van der Waals surface area contributed by atoms with E-state index in [2.05, 4.69) is 15.3 Å². The van der Waals surface area contributed by atoms with Crippen LogP contribution < -0.4 is 5.32 Å². The third-order valence-electron chi connectivity index (χ3n) is 2.08. The first-order chi connectivity index (χ1) is 10.6. The van der Waals surface area contributed by atoms with E-state index in [0.29, 0.717) is 9.88 Å². The van der Waals surface area contributed by atoms with Crippen LogP contribution in [0.2, 0.25) is 0 Å². The van der Waals surface area contributed by atoms with Crippen molar-refractivity contribution in [1.82, 2.24) is 9.97 Å². The number of aryl methyl sites for hydroxylation is 2. The second kappa shape index (κ2) is 8.02. The Morgan fingerprint density at radius 3 is 2.04 bits per heavy atom. The van der Waals surface area contributed by atoms with Crippen molar-refractivity contribution in [2.45, 2.75) is 40.2 Å². The van der Waals surface area contributed by atoms with Crippen molar-refractivity contribution in [3.05, 3.63) is 27.3 Å². The van der Waals surface area contributed by atoms with Crippen LogP contribution in [-0.4, -0.2) is 32.7 Å². The average molecular weight is 357 g/mol. The van der Waals surface area contributed by atoms with Crippen molar-refractivity contribution in [2.75, 3.05) is 5.32 Å². The Balaban J connectivity index is 0.000000253. The molecule has 9 heteroatoms. The molecule has 0 bridgehead atoms. The maximum absolute atomic E-state index is 11.3. The monoisotopic (exact) mass is 357 g/mol. The lowest BCUT2D eigenvalue weighted by molar-refractivity contribution is 0.0634. The molecule has 0 spiro atoms. The molecule has 0 aromatic carbocycles. The molecule has 126 valence electrons. The largest absolute Gasteiger partial charge is 0.477 e. The van der Waals surface area contributed by atoms with Crippen LogP contribution in [-0.2, 0) is 4.74 Å². The highest BCUT2D eigenvalue weighted by atomic mass is 32.1. The van der Waals surface area contributed by atoms with Gasteiger partial charge in [0.15, 0.2) is 0 Å². The van der Waals surface area contributed by atoms with E-state index in [1.807, 2.05) is 27.7 Å². The number of nitrogens with one attached hydrogen (secondary N) is 1. The predicted octanol–water partition coefficient (Wildman–Crippen LogP) is 3.95. The molecule has 2 heterocycles. The Bertz CT molecular complexity index is 674. The second-order valence-electron chi connectivity index (χ2n) is 5.42. The first-order valence-corrected chi connectivity index (χ1v) is 8.28. The summed E-state index contributed by atoms with van der Waals surface area (Å²) in [6.07, 6.45) is 2.54. The van der Waals surface area contributed by atoms with Gasteiger partial charge in [0.25, 0.3) is 0 Å². The van der Waals surface area contributed by atoms with Gasteiger partial charge in [0.2, 0.25) is 0 Å². The van der Waals surface area contributed by atoms with E-state index in [0.717, 1.165) is 10.0 Å². The number of amides is 1. The molecular formula is C14H19N3O4S2. The van der Waals surface area contributed by atoms with Gasteiger partial charge in [0.1, 0.15) is 15.5 Å². The highest BCUT2D eigenvalue weighted by Crippen LogP contribution is 2.18. The highest BCUT2D eigenvalue weighted by molar-refractivity contribution is 7.15. The van der Waals surface area contributed by atoms with Gasteiger partial charge in [-0.3, -0.25) is 5.32 Å². The van der Waals surface area contributed by atoms with E-state index < -0.39 is 17.7 Å². The number of thiazole rings is 2. The summed E-state index contributed by atoms with van der Waals surface area (Å²) < 4.78 is 5.08. The van der Waals surface area contributed by atoms with E-state index in [9.17, 15) is 9.59 Å². The molecule has 2 rings (SSSR count). The number of ether oxygens (including phenoxy) is 1. The SMILES string of the molecule is Cc1ncc(C(=O)O)s1.Cc1ncc(NC(=O)OC(C)(C)C)s1. The van der Waals surface area contributed by atoms with Crippen molar-refractivity contribution < 1.29 is 19.4 Å². The van der Waals surface area contributed by atoms with Crippen LogP contribution in [0.4, 0.5) is 9.80 Å². The van der Waals surface area contributed by atoms with Crippen LogP contribution in [0, 0.1) is 13.8 Å². The number of carbonyl (C=O) groups excluding carboxylic acids is 1. The Morgan fingerprint density at radius 2 is 1.70 bits per heavy atom. The molecule has 0 aliphatic carbocycles. The van der Waals surface area contributed by atoms with E-state index in [1.54, 1.807) is 13.1 Å². The molecule has 2 aromatic rings. The number of nitrogens with zero attached hydrogens (tertiary/aromatic N) is 2. The zero-order chi connectivity index (χ0) is 17.6. The molecule has 0 saturated carbocycles. The quantitative estimate of drug-likeness (QED) is 0.844. The Morgan fingerprint density at radius 1 is 1.13 bits per heavy atom. The van der Waals surface area contributed by atoms with Crippen molar-refractivity contribution in [3.8, 4) is 0 Å². The molecule has 2 aromatic heterocycles. The number of hydrogen-bond acceptors (Lipinski definition) is 7. The van der Waals surface area contributed by atoms with Gasteiger partial charge in [-0.15, -0.1) is 22.7 Å². The third-order valence-corrected chi connectivity index (χ3v) is 3.81. The molecule has 1 amide bonds. The van der Waals surface area contributed by atoms with Gasteiger partial charge >= 0.3 is 12.1 Å². The topological polar surface area (TPSA) is 101 Å². The van der Waals surface area contributed by atoms with Crippen molar-refractivity contribution >= 4 is 39.7 Å². The van der Waals surface area contributed by atoms with Crippen molar-refractivity contribution in [2.24, 2.45) is 0 Å². The average Bonchev–Trinajstić information content (AvgIpc) is 2.97. The molecule has 0 radical (unpaired) electrons. The fraction of sp³-hybridized carbons (Fsp3) is 0.429. The summed E-state index contributed by atoms with van der Waals surface area (Å²) >= 11 is 2.60. The van der Waals surface area contributed by atoms with Gasteiger partial charge in [-0.2, -0.15) is 0 Å². The predicted molar refractivity (Wildman–Crippen MR) is 90.5 cm³/mol. The zero-order valence-electron chi connectivity index (χ0n) is 13.5. The standard InChI is InChI=1S/C9H14N2O2S.C5H5NO2S/c1-6-10-5-7(14-6)11-8(12)13-9(2,3)4;1-3-6-2-4(9-3)5(7)8/h5H,1-4H3,(H,11,12);2H,1H3,(H,7,8). The van der Waals surface area contributed by atoms with Gasteiger partial charge in [0, 0.05) is 0 Å². The first kappa shape index (κ1) is 19.0. The van der Waals surface area contributed by atoms with E-state index in [-0.39, 0.29) is 0 Å². The number of rotatable bonds is 2. The number of carboxylic acids is 1. The molecular weight excluding hydrogens is 338 g/mol. The number of anilines is 1. The Hall–Kier alpha value is -2.00. The summed E-state index contributed by atoms with van der Waals surface area (Å²) in [6.45, 7) is 9.13. The van der Waals surface area contributed by atoms with Gasteiger partial charge in [-0.1, -0.05) is 0 Å². The minimum absolute atomic E-state index is 0.299. The zero-order valence-corrected chi connectivity index (χ0v) is 15.2. The fourth-order valence-corrected chi connectivity index (χ4v) is 2.56. The van der Waals surface area contributed by atoms with E-state index >= 15 is 0 Å². The van der Waals surface area contributed by atoms with E-state index in [4.69, 9.17) is 9.84 Å². The van der Waals surface area contributed by atoms with Gasteiger partial charge in [-0.05, 0) is 34.6 Å². The van der Waals surface area contributed by atoms with Gasteiger partial charge in [0.05, 0.1) is 22.4 Å². The molecule has 2 N–H and O–H groups in total. The highest BCUT2D eigenvalue weighted by Gasteiger charge is 2.16. The molecule has 7 nitrogen and oxygen atoms in total. The van der Waals surface area contributed by atoms with Crippen molar-refractivity contribution in [1.29, 1.82) is 0 Å². The lowest BCUT2D eigenvalue weighted by Crippen LogP contribution is -2.26. The number of aromatic nitrogens is 2. The normalized spacial score (nSPS) is 10.5. The summed E-state index contributed by atoms with van der Waals surface area (Å²) in [5, 5.41) is 13.4. The second-order valence-corrected chi connectivity index (χ2v) is 7.89. The van der Waals surface area contributed by atoms with Crippen LogP contribution in [0.15, 0.2) is 12.4 Å². The molecule has 0 fully saturated rings. The Labute approximate surface area is 142 Å².